The van der Waals surface area contributed by atoms with Gasteiger partial charge in [0.15, 0.2) is 0 Å². The Balaban J connectivity index is 2.32. The summed E-state index contributed by atoms with van der Waals surface area (Å²) < 4.78 is 16.2. The fraction of sp³-hybridized carbons (Fsp3) is 0.588. The molecule has 5 N–H and O–H groups in total. The van der Waals surface area contributed by atoms with Gasteiger partial charge in [-0.15, -0.1) is 0 Å². The molecule has 7 nitrogen and oxygen atoms in total. The van der Waals surface area contributed by atoms with E-state index in [-0.39, 0.29) is 12.6 Å². The average Bonchev–Trinajstić information content (AvgIpc) is 2.61. The first-order chi connectivity index (χ1) is 11.8. The fourth-order valence-electron chi connectivity index (χ4n) is 1.88. The summed E-state index contributed by atoms with van der Waals surface area (Å²) in [6, 6.07) is 9.24. The van der Waals surface area contributed by atoms with Crippen LogP contribution in [0.4, 0.5) is 4.79 Å². The summed E-state index contributed by atoms with van der Waals surface area (Å²) in [6.07, 6.45) is 1.06. The van der Waals surface area contributed by atoms with Gasteiger partial charge in [0.2, 0.25) is 0 Å². The number of alkyl carbamates (subject to hydrolysis) is 1. The van der Waals surface area contributed by atoms with Crippen LogP contribution in [-0.2, 0) is 20.8 Å². The molecule has 0 fully saturated rings. The molecule has 136 valence electrons. The number of amides is 1. The van der Waals surface area contributed by atoms with Gasteiger partial charge in [0.1, 0.15) is 6.61 Å². The molecular formula is C17H29N3O4. The Hall–Kier alpha value is -1.67. The largest absolute Gasteiger partial charge is 0.445 e. The van der Waals surface area contributed by atoms with Crippen molar-refractivity contribution in [1.29, 1.82) is 0 Å². The van der Waals surface area contributed by atoms with Crippen LogP contribution in [0.5, 0.6) is 0 Å². The molecular weight excluding hydrogens is 310 g/mol. The number of rotatable bonds is 13. The van der Waals surface area contributed by atoms with Crippen LogP contribution in [0.3, 0.4) is 0 Å². The highest BCUT2D eigenvalue weighted by Gasteiger charge is 2.14. The molecule has 7 heteroatoms. The third-order valence-electron chi connectivity index (χ3n) is 3.16. The second-order valence-electron chi connectivity index (χ2n) is 5.34. The van der Waals surface area contributed by atoms with Gasteiger partial charge in [-0.2, -0.15) is 0 Å². The topological polar surface area (TPSA) is 109 Å². The molecule has 1 amide bonds. The number of carbonyl (C=O) groups excluding carboxylic acids is 1. The van der Waals surface area contributed by atoms with Gasteiger partial charge in [-0.3, -0.25) is 0 Å². The predicted molar refractivity (Wildman–Crippen MR) is 92.5 cm³/mol. The van der Waals surface area contributed by atoms with E-state index in [2.05, 4.69) is 5.32 Å². The summed E-state index contributed by atoms with van der Waals surface area (Å²) in [5.41, 5.74) is 11.8. The van der Waals surface area contributed by atoms with E-state index in [0.717, 1.165) is 18.4 Å². The fourth-order valence-corrected chi connectivity index (χ4v) is 1.88. The number of hydrogen-bond acceptors (Lipinski definition) is 6. The van der Waals surface area contributed by atoms with Crippen molar-refractivity contribution in [3.8, 4) is 0 Å². The second kappa shape index (κ2) is 13.7. The molecule has 0 saturated carbocycles. The van der Waals surface area contributed by atoms with Gasteiger partial charge in [-0.1, -0.05) is 30.3 Å². The number of nitrogens with two attached hydrogens (primary N) is 2. The molecule has 1 rings (SSSR count). The van der Waals surface area contributed by atoms with Gasteiger partial charge in [-0.05, 0) is 31.5 Å². The lowest BCUT2D eigenvalue weighted by Crippen LogP contribution is -2.42. The van der Waals surface area contributed by atoms with E-state index in [4.69, 9.17) is 25.7 Å². The second-order valence-corrected chi connectivity index (χ2v) is 5.34. The van der Waals surface area contributed by atoms with Crippen LogP contribution in [0.25, 0.3) is 0 Å². The zero-order valence-corrected chi connectivity index (χ0v) is 14.1. The average molecular weight is 339 g/mol. The lowest BCUT2D eigenvalue weighted by Gasteiger charge is -2.19. The summed E-state index contributed by atoms with van der Waals surface area (Å²) in [5.74, 6) is 0. The summed E-state index contributed by atoms with van der Waals surface area (Å²) in [6.45, 7) is 3.18. The lowest BCUT2D eigenvalue weighted by molar-refractivity contribution is 0.0504. The molecule has 1 aromatic carbocycles. The van der Waals surface area contributed by atoms with Crippen LogP contribution in [0.1, 0.15) is 18.4 Å². The number of carbonyl (C=O) groups is 1. The molecule has 0 bridgehead atoms. The van der Waals surface area contributed by atoms with E-state index in [1.165, 1.54) is 0 Å². The SMILES string of the molecule is NCCCOCC(COCCCN)NC(=O)OCc1ccccc1. The Kier molecular flexibility index (Phi) is 11.7. The van der Waals surface area contributed by atoms with E-state index in [0.29, 0.717) is 39.5 Å². The van der Waals surface area contributed by atoms with Crippen molar-refractivity contribution in [1.82, 2.24) is 5.32 Å². The maximum atomic E-state index is 11.9. The minimum Gasteiger partial charge on any atom is -0.445 e. The summed E-state index contributed by atoms with van der Waals surface area (Å²) in [4.78, 5) is 11.9. The Labute approximate surface area is 143 Å². The first-order valence-corrected chi connectivity index (χ1v) is 8.29. The molecule has 0 heterocycles. The van der Waals surface area contributed by atoms with Crippen LogP contribution >= 0.6 is 0 Å². The van der Waals surface area contributed by atoms with Crippen molar-refractivity contribution in [2.75, 3.05) is 39.5 Å². The van der Waals surface area contributed by atoms with Crippen molar-refractivity contribution >= 4 is 6.09 Å². The van der Waals surface area contributed by atoms with E-state index in [9.17, 15) is 4.79 Å². The normalized spacial score (nSPS) is 10.8. The molecule has 0 aliphatic heterocycles. The Morgan fingerprint density at radius 3 is 2.12 bits per heavy atom. The number of hydrogen-bond donors (Lipinski definition) is 3. The summed E-state index contributed by atoms with van der Waals surface area (Å²) in [5, 5.41) is 2.77. The maximum absolute atomic E-state index is 11.9. The zero-order chi connectivity index (χ0) is 17.5. The molecule has 0 radical (unpaired) electrons. The Bertz CT molecular complexity index is 419. The molecule has 24 heavy (non-hydrogen) atoms. The smallest absolute Gasteiger partial charge is 0.407 e. The molecule has 0 unspecified atom stereocenters. The van der Waals surface area contributed by atoms with Gasteiger partial charge < -0.3 is 31.0 Å². The van der Waals surface area contributed by atoms with Gasteiger partial charge >= 0.3 is 6.09 Å². The monoisotopic (exact) mass is 339 g/mol. The van der Waals surface area contributed by atoms with Crippen molar-refractivity contribution in [2.24, 2.45) is 11.5 Å². The highest BCUT2D eigenvalue weighted by atomic mass is 16.5. The van der Waals surface area contributed by atoms with Gasteiger partial charge in [0.05, 0.1) is 19.3 Å². The minimum absolute atomic E-state index is 0.224. The predicted octanol–water partition coefficient (Wildman–Crippen LogP) is 1.01. The molecule has 0 aliphatic carbocycles. The first kappa shape index (κ1) is 20.4. The first-order valence-electron chi connectivity index (χ1n) is 8.29. The summed E-state index contributed by atoms with van der Waals surface area (Å²) >= 11 is 0. The van der Waals surface area contributed by atoms with Gasteiger partial charge in [-0.25, -0.2) is 4.79 Å². The quantitative estimate of drug-likeness (QED) is 0.463. The number of nitrogens with one attached hydrogen (secondary N) is 1. The zero-order valence-electron chi connectivity index (χ0n) is 14.1. The summed E-state index contributed by atoms with van der Waals surface area (Å²) in [7, 11) is 0. The molecule has 0 atom stereocenters. The third-order valence-corrected chi connectivity index (χ3v) is 3.16. The van der Waals surface area contributed by atoms with Crippen molar-refractivity contribution < 1.29 is 19.0 Å². The van der Waals surface area contributed by atoms with E-state index >= 15 is 0 Å². The van der Waals surface area contributed by atoms with Crippen LogP contribution in [0.15, 0.2) is 30.3 Å². The highest BCUT2D eigenvalue weighted by molar-refractivity contribution is 5.67. The van der Waals surface area contributed by atoms with Crippen molar-refractivity contribution in [3.05, 3.63) is 35.9 Å². The van der Waals surface area contributed by atoms with E-state index in [1.54, 1.807) is 0 Å². The van der Waals surface area contributed by atoms with E-state index < -0.39 is 6.09 Å². The molecule has 1 aromatic rings. The van der Waals surface area contributed by atoms with Crippen molar-refractivity contribution in [3.63, 3.8) is 0 Å². The van der Waals surface area contributed by atoms with E-state index in [1.807, 2.05) is 30.3 Å². The maximum Gasteiger partial charge on any atom is 0.407 e. The Morgan fingerprint density at radius 1 is 1.00 bits per heavy atom. The standard InChI is InChI=1S/C17H29N3O4/c18-8-4-10-22-13-16(14-23-11-5-9-19)20-17(21)24-12-15-6-2-1-3-7-15/h1-3,6-7,16H,4-5,8-14,18-19H2,(H,20,21). The van der Waals surface area contributed by atoms with Crippen molar-refractivity contribution in [2.45, 2.75) is 25.5 Å². The lowest BCUT2D eigenvalue weighted by atomic mass is 10.2. The number of ether oxygens (including phenoxy) is 3. The minimum atomic E-state index is -0.492. The molecule has 0 aromatic heterocycles. The molecule has 0 aliphatic rings. The highest BCUT2D eigenvalue weighted by Crippen LogP contribution is 2.01. The molecule has 0 saturated heterocycles. The number of benzene rings is 1. The Morgan fingerprint density at radius 2 is 1.58 bits per heavy atom. The third kappa shape index (κ3) is 10.2. The van der Waals surface area contributed by atoms with Gasteiger partial charge in [0.25, 0.3) is 0 Å². The van der Waals surface area contributed by atoms with Crippen LogP contribution in [-0.4, -0.2) is 51.7 Å². The van der Waals surface area contributed by atoms with Crippen LogP contribution < -0.4 is 16.8 Å². The van der Waals surface area contributed by atoms with Crippen LogP contribution in [0, 0.1) is 0 Å². The van der Waals surface area contributed by atoms with Gasteiger partial charge in [0, 0.05) is 13.2 Å². The van der Waals surface area contributed by atoms with Crippen LogP contribution in [0.2, 0.25) is 0 Å². The molecule has 0 spiro atoms.